The summed E-state index contributed by atoms with van der Waals surface area (Å²) in [7, 11) is 0. The smallest absolute Gasteiger partial charge is 0.412 e. The van der Waals surface area contributed by atoms with Gasteiger partial charge in [-0.25, -0.2) is 9.59 Å². The average Bonchev–Trinajstić information content (AvgIpc) is 3.26. The minimum atomic E-state index is -0.551. The highest BCUT2D eigenvalue weighted by molar-refractivity contribution is 5.85. The molecule has 0 heterocycles. The van der Waals surface area contributed by atoms with Crippen molar-refractivity contribution in [3.8, 4) is 5.75 Å². The Bertz CT molecular complexity index is 579. The molecule has 3 amide bonds. The molecule has 1 aliphatic carbocycles. The molecule has 1 aliphatic rings. The number of hydrogen-bond donors (Lipinski definition) is 3. The van der Waals surface area contributed by atoms with Crippen LogP contribution in [-0.2, 0) is 4.74 Å². The second-order valence-electron chi connectivity index (χ2n) is 6.68. The van der Waals surface area contributed by atoms with Crippen LogP contribution >= 0.6 is 0 Å². The van der Waals surface area contributed by atoms with Crippen LogP contribution in [0.1, 0.15) is 33.6 Å². The molecule has 0 spiro atoms. The normalized spacial score (nSPS) is 13.8. The zero-order valence-electron chi connectivity index (χ0n) is 14.3. The Labute approximate surface area is 142 Å². The molecule has 1 aromatic rings. The molecular formula is C17H25N3O4. The van der Waals surface area contributed by atoms with Crippen LogP contribution in [0.2, 0.25) is 0 Å². The van der Waals surface area contributed by atoms with E-state index in [-0.39, 0.29) is 6.03 Å². The minimum absolute atomic E-state index is 0.165. The van der Waals surface area contributed by atoms with Gasteiger partial charge in [0.1, 0.15) is 18.0 Å². The molecule has 0 aliphatic heterocycles. The van der Waals surface area contributed by atoms with Gasteiger partial charge in [-0.2, -0.15) is 0 Å². The molecule has 0 saturated heterocycles. The number of ether oxygens (including phenoxy) is 2. The zero-order chi connectivity index (χ0) is 17.6. The van der Waals surface area contributed by atoms with Gasteiger partial charge in [0, 0.05) is 17.8 Å². The van der Waals surface area contributed by atoms with E-state index in [4.69, 9.17) is 9.47 Å². The summed E-state index contributed by atoms with van der Waals surface area (Å²) in [6, 6.07) is 7.18. The van der Waals surface area contributed by atoms with Crippen LogP contribution in [0.25, 0.3) is 0 Å². The summed E-state index contributed by atoms with van der Waals surface area (Å²) >= 11 is 0. The summed E-state index contributed by atoms with van der Waals surface area (Å²) in [4.78, 5) is 23.2. The number of nitrogens with one attached hydrogen (secondary N) is 3. The Kier molecular flexibility index (Phi) is 5.89. The molecule has 132 valence electrons. The SMILES string of the molecule is CC(C)(C)OC(=O)Nc1cccc(OCCNC(=O)NC2CC2)c1. The van der Waals surface area contributed by atoms with Gasteiger partial charge in [-0.15, -0.1) is 0 Å². The highest BCUT2D eigenvalue weighted by Gasteiger charge is 2.22. The van der Waals surface area contributed by atoms with Gasteiger partial charge in [0.05, 0.1) is 6.54 Å². The van der Waals surface area contributed by atoms with Crippen LogP contribution < -0.4 is 20.7 Å². The Balaban J connectivity index is 1.71. The molecule has 3 N–H and O–H groups in total. The summed E-state index contributed by atoms with van der Waals surface area (Å²) in [5.74, 6) is 0.605. The number of carbonyl (C=O) groups excluding carboxylic acids is 2. The largest absolute Gasteiger partial charge is 0.492 e. The number of anilines is 1. The third-order valence-electron chi connectivity index (χ3n) is 3.05. The first-order valence-corrected chi connectivity index (χ1v) is 8.09. The lowest BCUT2D eigenvalue weighted by Gasteiger charge is -2.19. The second-order valence-corrected chi connectivity index (χ2v) is 6.68. The Hall–Kier alpha value is -2.44. The maximum atomic E-state index is 11.7. The van der Waals surface area contributed by atoms with E-state index in [9.17, 15) is 9.59 Å². The maximum Gasteiger partial charge on any atom is 0.412 e. The minimum Gasteiger partial charge on any atom is -0.492 e. The number of carbonyl (C=O) groups is 2. The van der Waals surface area contributed by atoms with Gasteiger partial charge in [0.15, 0.2) is 0 Å². The first kappa shape index (κ1) is 17.9. The molecule has 1 aromatic carbocycles. The Morgan fingerprint density at radius 2 is 2.00 bits per heavy atom. The van der Waals surface area contributed by atoms with Crippen LogP contribution in [0.15, 0.2) is 24.3 Å². The molecule has 0 radical (unpaired) electrons. The molecule has 0 bridgehead atoms. The highest BCUT2D eigenvalue weighted by atomic mass is 16.6. The molecule has 1 fully saturated rings. The summed E-state index contributed by atoms with van der Waals surface area (Å²) in [6.07, 6.45) is 1.60. The third kappa shape index (κ3) is 7.21. The van der Waals surface area contributed by atoms with E-state index in [0.717, 1.165) is 12.8 Å². The van der Waals surface area contributed by atoms with E-state index < -0.39 is 11.7 Å². The van der Waals surface area contributed by atoms with Crippen LogP contribution in [0, 0.1) is 0 Å². The van der Waals surface area contributed by atoms with Crippen molar-refractivity contribution in [2.45, 2.75) is 45.3 Å². The molecule has 24 heavy (non-hydrogen) atoms. The van der Waals surface area contributed by atoms with Gasteiger partial charge in [0.2, 0.25) is 0 Å². The van der Waals surface area contributed by atoms with Gasteiger partial charge in [-0.1, -0.05) is 6.07 Å². The van der Waals surface area contributed by atoms with E-state index in [1.54, 1.807) is 45.0 Å². The maximum absolute atomic E-state index is 11.7. The van der Waals surface area contributed by atoms with Gasteiger partial charge in [0.25, 0.3) is 0 Å². The monoisotopic (exact) mass is 335 g/mol. The summed E-state index contributed by atoms with van der Waals surface area (Å²) in [5.41, 5.74) is 0.0337. The highest BCUT2D eigenvalue weighted by Crippen LogP contribution is 2.19. The molecule has 2 rings (SSSR count). The Morgan fingerprint density at radius 1 is 1.25 bits per heavy atom. The number of rotatable bonds is 6. The van der Waals surface area contributed by atoms with E-state index >= 15 is 0 Å². The van der Waals surface area contributed by atoms with Crippen molar-refractivity contribution in [2.75, 3.05) is 18.5 Å². The van der Waals surface area contributed by atoms with E-state index in [1.807, 2.05) is 0 Å². The lowest BCUT2D eigenvalue weighted by Crippen LogP contribution is -2.38. The summed E-state index contributed by atoms with van der Waals surface area (Å²) < 4.78 is 10.8. The molecule has 7 heteroatoms. The van der Waals surface area contributed by atoms with Crippen LogP contribution in [-0.4, -0.2) is 36.9 Å². The predicted octanol–water partition coefficient (Wildman–Crippen LogP) is 2.87. The number of amides is 3. The van der Waals surface area contributed by atoms with Crippen molar-refractivity contribution in [1.82, 2.24) is 10.6 Å². The van der Waals surface area contributed by atoms with Crippen molar-refractivity contribution < 1.29 is 19.1 Å². The van der Waals surface area contributed by atoms with Crippen molar-refractivity contribution in [3.05, 3.63) is 24.3 Å². The predicted molar refractivity (Wildman–Crippen MR) is 91.4 cm³/mol. The van der Waals surface area contributed by atoms with Crippen LogP contribution in [0.3, 0.4) is 0 Å². The third-order valence-corrected chi connectivity index (χ3v) is 3.05. The fourth-order valence-corrected chi connectivity index (χ4v) is 1.88. The molecule has 0 unspecified atom stereocenters. The standard InChI is InChI=1S/C17H25N3O4/c1-17(2,3)24-16(22)20-13-5-4-6-14(11-13)23-10-9-18-15(21)19-12-7-8-12/h4-6,11-12H,7-10H2,1-3H3,(H,20,22)(H2,18,19,21). The van der Waals surface area contributed by atoms with Gasteiger partial charge >= 0.3 is 12.1 Å². The number of benzene rings is 1. The van der Waals surface area contributed by atoms with Crippen molar-refractivity contribution in [1.29, 1.82) is 0 Å². The fourth-order valence-electron chi connectivity index (χ4n) is 1.88. The molecule has 7 nitrogen and oxygen atoms in total. The van der Waals surface area contributed by atoms with Crippen molar-refractivity contribution in [2.24, 2.45) is 0 Å². The molecule has 1 saturated carbocycles. The van der Waals surface area contributed by atoms with E-state index in [1.165, 1.54) is 0 Å². The molecule has 0 aromatic heterocycles. The number of urea groups is 1. The van der Waals surface area contributed by atoms with Gasteiger partial charge in [-0.3, -0.25) is 5.32 Å². The lowest BCUT2D eigenvalue weighted by molar-refractivity contribution is 0.0636. The topological polar surface area (TPSA) is 88.7 Å². The van der Waals surface area contributed by atoms with E-state index in [0.29, 0.717) is 30.6 Å². The second kappa shape index (κ2) is 7.90. The van der Waals surface area contributed by atoms with E-state index in [2.05, 4.69) is 16.0 Å². The van der Waals surface area contributed by atoms with Crippen LogP contribution in [0.5, 0.6) is 5.75 Å². The quantitative estimate of drug-likeness (QED) is 0.698. The average molecular weight is 335 g/mol. The first-order valence-electron chi connectivity index (χ1n) is 8.09. The Morgan fingerprint density at radius 3 is 2.67 bits per heavy atom. The van der Waals surface area contributed by atoms with Gasteiger partial charge in [-0.05, 0) is 45.7 Å². The van der Waals surface area contributed by atoms with Crippen molar-refractivity contribution >= 4 is 17.8 Å². The first-order chi connectivity index (χ1) is 11.3. The fraction of sp³-hybridized carbons (Fsp3) is 0.529. The van der Waals surface area contributed by atoms with Gasteiger partial charge < -0.3 is 20.1 Å². The summed E-state index contributed by atoms with van der Waals surface area (Å²) in [5, 5.41) is 8.22. The van der Waals surface area contributed by atoms with Crippen LogP contribution in [0.4, 0.5) is 15.3 Å². The lowest BCUT2D eigenvalue weighted by atomic mass is 10.2. The molecular weight excluding hydrogens is 310 g/mol. The van der Waals surface area contributed by atoms with Crippen molar-refractivity contribution in [3.63, 3.8) is 0 Å². The molecule has 0 atom stereocenters. The number of hydrogen-bond acceptors (Lipinski definition) is 4. The zero-order valence-corrected chi connectivity index (χ0v) is 14.3. The summed E-state index contributed by atoms with van der Waals surface area (Å²) in [6.45, 7) is 6.16.